The van der Waals surface area contributed by atoms with Gasteiger partial charge >= 0.3 is 0 Å². The second kappa shape index (κ2) is 5.95. The molecule has 0 N–H and O–H groups in total. The molecule has 0 aliphatic heterocycles. The fraction of sp³-hybridized carbons (Fsp3) is 0.250. The van der Waals surface area contributed by atoms with Crippen molar-refractivity contribution in [2.75, 3.05) is 0 Å². The van der Waals surface area contributed by atoms with E-state index < -0.39 is 0 Å². The van der Waals surface area contributed by atoms with Gasteiger partial charge in [0.25, 0.3) is 5.95 Å². The molecule has 56 valence electrons. The smallest absolute Gasteiger partial charge is 0.284 e. The molecule has 0 spiro atoms. The predicted octanol–water partition coefficient (Wildman–Crippen LogP) is 2.56. The molecular formula is C8H12O2. The van der Waals surface area contributed by atoms with Crippen LogP contribution in [0.15, 0.2) is 37.7 Å². The van der Waals surface area contributed by atoms with E-state index in [9.17, 15) is 0 Å². The van der Waals surface area contributed by atoms with E-state index in [1.165, 1.54) is 12.5 Å². The molecular weight excluding hydrogens is 128 g/mol. The quantitative estimate of drug-likeness (QED) is 0.546. The second-order valence-electron chi connectivity index (χ2n) is 1.50. The van der Waals surface area contributed by atoms with Crippen molar-refractivity contribution in [3.05, 3.63) is 37.7 Å². The zero-order valence-electron chi connectivity index (χ0n) is 6.17. The van der Waals surface area contributed by atoms with Crippen molar-refractivity contribution in [2.45, 2.75) is 13.3 Å². The summed E-state index contributed by atoms with van der Waals surface area (Å²) in [4.78, 5) is 0. The minimum Gasteiger partial charge on any atom is -0.435 e. The normalized spacial score (nSPS) is 7.70. The Bertz CT molecular complexity index is 124. The number of allylic oxidation sites excluding steroid dienone is 1. The standard InChI is InChI=1S/C8H12O2/c1-4-7-8(9-5-2)10-6-3/h5-7H,2-4H2,1H3. The molecule has 2 nitrogen and oxygen atoms in total. The number of rotatable bonds is 5. The highest BCUT2D eigenvalue weighted by atomic mass is 16.7. The van der Waals surface area contributed by atoms with Gasteiger partial charge < -0.3 is 9.47 Å². The lowest BCUT2D eigenvalue weighted by Crippen LogP contribution is -1.85. The average molecular weight is 140 g/mol. The largest absolute Gasteiger partial charge is 0.435 e. The van der Waals surface area contributed by atoms with E-state index >= 15 is 0 Å². The molecule has 2 heteroatoms. The van der Waals surface area contributed by atoms with Crippen molar-refractivity contribution in [1.82, 2.24) is 0 Å². The Labute approximate surface area is 61.5 Å². The summed E-state index contributed by atoms with van der Waals surface area (Å²) in [5.74, 6) is 0.424. The Morgan fingerprint density at radius 3 is 2.10 bits per heavy atom. The van der Waals surface area contributed by atoms with E-state index in [1.54, 1.807) is 6.08 Å². The molecule has 0 atom stereocenters. The van der Waals surface area contributed by atoms with Gasteiger partial charge in [0.05, 0.1) is 12.5 Å². The lowest BCUT2D eigenvalue weighted by atomic mass is 10.5. The van der Waals surface area contributed by atoms with Crippen LogP contribution < -0.4 is 0 Å². The molecule has 0 bridgehead atoms. The third-order valence-electron chi connectivity index (χ3n) is 0.770. The summed E-state index contributed by atoms with van der Waals surface area (Å²) in [5.41, 5.74) is 0. The van der Waals surface area contributed by atoms with E-state index in [0.717, 1.165) is 6.42 Å². The summed E-state index contributed by atoms with van der Waals surface area (Å²) in [5, 5.41) is 0. The highest BCUT2D eigenvalue weighted by molar-refractivity contribution is 4.86. The van der Waals surface area contributed by atoms with Crippen molar-refractivity contribution in [2.24, 2.45) is 0 Å². The van der Waals surface area contributed by atoms with Crippen LogP contribution in [-0.2, 0) is 9.47 Å². The molecule has 0 unspecified atom stereocenters. The molecule has 0 aliphatic carbocycles. The monoisotopic (exact) mass is 140 g/mol. The van der Waals surface area contributed by atoms with Gasteiger partial charge in [0.15, 0.2) is 0 Å². The highest BCUT2D eigenvalue weighted by Gasteiger charge is 1.90. The molecule has 0 saturated carbocycles. The zero-order valence-corrected chi connectivity index (χ0v) is 6.17. The van der Waals surface area contributed by atoms with Crippen LogP contribution >= 0.6 is 0 Å². The zero-order chi connectivity index (χ0) is 7.82. The molecule has 0 fully saturated rings. The van der Waals surface area contributed by atoms with Gasteiger partial charge in [-0.05, 0) is 12.5 Å². The number of hydrogen-bond donors (Lipinski definition) is 0. The first kappa shape index (κ1) is 8.82. The minimum absolute atomic E-state index is 0.424. The molecule has 0 amide bonds. The molecule has 0 saturated heterocycles. The fourth-order valence-corrected chi connectivity index (χ4v) is 0.455. The number of ether oxygens (including phenoxy) is 2. The molecule has 0 radical (unpaired) electrons. The molecule has 0 aromatic heterocycles. The van der Waals surface area contributed by atoms with Crippen LogP contribution in [-0.4, -0.2) is 0 Å². The second-order valence-corrected chi connectivity index (χ2v) is 1.50. The van der Waals surface area contributed by atoms with E-state index in [1.807, 2.05) is 6.92 Å². The first-order valence-corrected chi connectivity index (χ1v) is 3.10. The van der Waals surface area contributed by atoms with Crippen LogP contribution in [0.4, 0.5) is 0 Å². The van der Waals surface area contributed by atoms with Gasteiger partial charge in [0.2, 0.25) is 0 Å². The predicted molar refractivity (Wildman–Crippen MR) is 40.9 cm³/mol. The van der Waals surface area contributed by atoms with Crippen LogP contribution in [0.3, 0.4) is 0 Å². The van der Waals surface area contributed by atoms with Crippen molar-refractivity contribution in [3.63, 3.8) is 0 Å². The maximum Gasteiger partial charge on any atom is 0.284 e. The van der Waals surface area contributed by atoms with Crippen LogP contribution in [0, 0.1) is 0 Å². The Morgan fingerprint density at radius 1 is 1.30 bits per heavy atom. The van der Waals surface area contributed by atoms with E-state index in [2.05, 4.69) is 13.2 Å². The Balaban J connectivity index is 3.82. The maximum absolute atomic E-state index is 4.85. The molecule has 0 heterocycles. The molecule has 0 rings (SSSR count). The van der Waals surface area contributed by atoms with Gasteiger partial charge in [-0.1, -0.05) is 20.1 Å². The topological polar surface area (TPSA) is 18.5 Å². The van der Waals surface area contributed by atoms with Crippen LogP contribution in [0.2, 0.25) is 0 Å². The van der Waals surface area contributed by atoms with Crippen molar-refractivity contribution < 1.29 is 9.47 Å². The van der Waals surface area contributed by atoms with Gasteiger partial charge in [0, 0.05) is 0 Å². The van der Waals surface area contributed by atoms with Crippen molar-refractivity contribution >= 4 is 0 Å². The summed E-state index contributed by atoms with van der Waals surface area (Å²) in [6, 6.07) is 0. The Morgan fingerprint density at radius 2 is 1.80 bits per heavy atom. The van der Waals surface area contributed by atoms with Gasteiger partial charge in [0.1, 0.15) is 0 Å². The van der Waals surface area contributed by atoms with Crippen LogP contribution in [0.25, 0.3) is 0 Å². The Hall–Kier alpha value is -1.18. The summed E-state index contributed by atoms with van der Waals surface area (Å²) < 4.78 is 9.71. The lowest BCUT2D eigenvalue weighted by molar-refractivity contribution is 0.148. The summed E-state index contributed by atoms with van der Waals surface area (Å²) in [6.45, 7) is 8.76. The van der Waals surface area contributed by atoms with Gasteiger partial charge in [-0.25, -0.2) is 0 Å². The van der Waals surface area contributed by atoms with E-state index in [4.69, 9.17) is 9.47 Å². The van der Waals surface area contributed by atoms with Crippen LogP contribution in [0.5, 0.6) is 0 Å². The van der Waals surface area contributed by atoms with Gasteiger partial charge in [-0.2, -0.15) is 0 Å². The molecule has 0 aromatic carbocycles. The molecule has 0 aliphatic rings. The molecule has 10 heavy (non-hydrogen) atoms. The highest BCUT2D eigenvalue weighted by Crippen LogP contribution is 2.01. The third kappa shape index (κ3) is 3.78. The van der Waals surface area contributed by atoms with Crippen molar-refractivity contribution in [3.8, 4) is 0 Å². The first-order valence-electron chi connectivity index (χ1n) is 3.10. The first-order chi connectivity index (χ1) is 4.85. The summed E-state index contributed by atoms with van der Waals surface area (Å²) in [7, 11) is 0. The maximum atomic E-state index is 4.85. The van der Waals surface area contributed by atoms with Crippen molar-refractivity contribution in [1.29, 1.82) is 0 Å². The molecule has 0 aromatic rings. The SMILES string of the molecule is C=COC(=CCC)OC=C. The fourth-order valence-electron chi connectivity index (χ4n) is 0.455. The van der Waals surface area contributed by atoms with Crippen LogP contribution in [0.1, 0.15) is 13.3 Å². The number of hydrogen-bond acceptors (Lipinski definition) is 2. The van der Waals surface area contributed by atoms with E-state index in [0.29, 0.717) is 5.95 Å². The Kier molecular flexibility index (Phi) is 5.25. The lowest BCUT2D eigenvalue weighted by Gasteiger charge is -2.01. The summed E-state index contributed by atoms with van der Waals surface area (Å²) >= 11 is 0. The minimum atomic E-state index is 0.424. The average Bonchev–Trinajstić information content (AvgIpc) is 1.90. The van der Waals surface area contributed by atoms with Gasteiger partial charge in [-0.3, -0.25) is 0 Å². The van der Waals surface area contributed by atoms with Gasteiger partial charge in [-0.15, -0.1) is 0 Å². The summed E-state index contributed by atoms with van der Waals surface area (Å²) in [6.07, 6.45) is 5.27. The third-order valence-corrected chi connectivity index (χ3v) is 0.770. The van der Waals surface area contributed by atoms with E-state index in [-0.39, 0.29) is 0 Å².